The standard InChI is InChI=1S/C58H91N7O7S2/c1-9-11-32-57-45(10-2)24-19-17-15-13-12-14-16-18-23-42(7)58(57,36-40(3)4)74-39-49-35-47(34-48(61-49)38-73-57)62-51(67)26-20-21-27-52(68)65-53(41(5)6)55(70)64-50(25-22-33-60-56(59)71)54(69)63-46-30-28-44(29-31-46)37-72-43(8)66/h28-31,34-36,41-42,45,50,53H,9-27,32-33,37-39H2,1-8H3,(H,63,69)(H,64,70)(H,65,68)(H3,59,60,71)(H,61,62,67)/t42?,45?,50-,53-,57?,58?/m0/s1. The van der Waals surface area contributed by atoms with Crippen LogP contribution in [0.4, 0.5) is 16.2 Å². The monoisotopic (exact) mass is 1060 g/mol. The highest BCUT2D eigenvalue weighted by Gasteiger charge is 2.56. The number of nitrogens with two attached hydrogens (primary N) is 1. The number of nitrogens with zero attached hydrogens (tertiary/aromatic N) is 1. The number of hydrogen-bond acceptors (Lipinski definition) is 10. The Morgan fingerprint density at radius 1 is 0.770 bits per heavy atom. The predicted molar refractivity (Wildman–Crippen MR) is 304 cm³/mol. The van der Waals surface area contributed by atoms with E-state index in [9.17, 15) is 28.8 Å². The number of fused-ring (bicyclic) bond motifs is 3. The number of rotatable bonds is 23. The van der Waals surface area contributed by atoms with E-state index in [0.29, 0.717) is 36.8 Å². The molecular formula is C58H91N7O7S2. The van der Waals surface area contributed by atoms with E-state index in [4.69, 9.17) is 15.5 Å². The van der Waals surface area contributed by atoms with Gasteiger partial charge in [0.15, 0.2) is 0 Å². The van der Waals surface area contributed by atoms with Crippen LogP contribution in [0.3, 0.4) is 0 Å². The number of aromatic nitrogens is 1. The second-order valence-corrected chi connectivity index (χ2v) is 23.9. The first kappa shape index (κ1) is 62.0. The Hall–Kier alpha value is -4.57. The SMILES string of the molecule is CCCCC12SCc3cc(NC(=O)CCCCC(=O)N[C@H](C(=O)N[C@@H](CCCNC(N)=O)C(=O)Nc4ccc(COC(C)=O)cc4)C(C)C)cc(n3)CSC1(C=C(C)C)C(C)CCCCCCCCCCC2CC. The van der Waals surface area contributed by atoms with Gasteiger partial charge in [0.1, 0.15) is 18.7 Å². The zero-order chi connectivity index (χ0) is 54.1. The Morgan fingerprint density at radius 2 is 1.39 bits per heavy atom. The van der Waals surface area contributed by atoms with Crippen LogP contribution in [0.25, 0.3) is 0 Å². The number of pyridine rings is 1. The van der Waals surface area contributed by atoms with Crippen molar-refractivity contribution in [3.8, 4) is 0 Å². The fraction of sp³-hybridized carbons (Fsp3) is 0.672. The number of carbonyl (C=O) groups is 6. The molecule has 4 rings (SSSR count). The number of urea groups is 1. The molecular weight excluding hydrogens is 971 g/mol. The second-order valence-electron chi connectivity index (χ2n) is 21.3. The normalized spacial score (nSPS) is 21.4. The van der Waals surface area contributed by atoms with Crippen LogP contribution >= 0.6 is 23.5 Å². The predicted octanol–water partition coefficient (Wildman–Crippen LogP) is 12.0. The Balaban J connectivity index is 1.41. The van der Waals surface area contributed by atoms with Crippen LogP contribution in [0.2, 0.25) is 0 Å². The van der Waals surface area contributed by atoms with Gasteiger partial charge in [0.25, 0.3) is 0 Å². The lowest BCUT2D eigenvalue weighted by molar-refractivity contribution is -0.142. The van der Waals surface area contributed by atoms with Gasteiger partial charge in [-0.25, -0.2) is 4.79 Å². The van der Waals surface area contributed by atoms with Crippen molar-refractivity contribution >= 4 is 70.5 Å². The fourth-order valence-electron chi connectivity index (χ4n) is 10.7. The van der Waals surface area contributed by atoms with Gasteiger partial charge >= 0.3 is 12.0 Å². The Morgan fingerprint density at radius 3 is 1.99 bits per heavy atom. The van der Waals surface area contributed by atoms with Crippen LogP contribution in [0.5, 0.6) is 0 Å². The molecule has 412 valence electrons. The minimum atomic E-state index is -0.998. The van der Waals surface area contributed by atoms with Crippen molar-refractivity contribution in [2.45, 2.75) is 223 Å². The fourth-order valence-corrected chi connectivity index (χ4v) is 14.7. The zero-order valence-corrected chi connectivity index (χ0v) is 47.7. The number of allylic oxidation sites excluding steroid dienone is 1. The highest BCUT2D eigenvalue weighted by molar-refractivity contribution is 8.04. The quantitative estimate of drug-likeness (QED) is 0.0352. The molecule has 74 heavy (non-hydrogen) atoms. The molecule has 6 atom stereocenters. The molecule has 1 aliphatic heterocycles. The smallest absolute Gasteiger partial charge is 0.312 e. The van der Waals surface area contributed by atoms with Crippen LogP contribution in [0.1, 0.15) is 201 Å². The summed E-state index contributed by atoms with van der Waals surface area (Å²) in [5.74, 6) is 0.421. The molecule has 1 saturated carbocycles. The van der Waals surface area contributed by atoms with Crippen molar-refractivity contribution in [3.05, 3.63) is 65.0 Å². The zero-order valence-electron chi connectivity index (χ0n) is 46.1. The molecule has 1 aromatic heterocycles. The van der Waals surface area contributed by atoms with Crippen LogP contribution in [0, 0.1) is 17.8 Å². The highest BCUT2D eigenvalue weighted by Crippen LogP contribution is 2.61. The summed E-state index contributed by atoms with van der Waals surface area (Å²) in [4.78, 5) is 81.9. The third kappa shape index (κ3) is 19.9. The molecule has 2 aromatic rings. The first-order valence-corrected chi connectivity index (χ1v) is 29.8. The van der Waals surface area contributed by atoms with Crippen LogP contribution in [-0.2, 0) is 46.8 Å². The van der Waals surface area contributed by atoms with Crippen LogP contribution < -0.4 is 32.3 Å². The third-order valence-corrected chi connectivity index (χ3v) is 18.4. The molecule has 2 aliphatic rings. The summed E-state index contributed by atoms with van der Waals surface area (Å²) >= 11 is 4.27. The van der Waals surface area contributed by atoms with E-state index >= 15 is 0 Å². The number of hydrogen-bond donors (Lipinski definition) is 6. The van der Waals surface area contributed by atoms with E-state index in [1.165, 1.54) is 89.5 Å². The van der Waals surface area contributed by atoms with Crippen molar-refractivity contribution in [2.75, 3.05) is 17.2 Å². The van der Waals surface area contributed by atoms with E-state index in [1.54, 1.807) is 24.3 Å². The molecule has 7 N–H and O–H groups in total. The van der Waals surface area contributed by atoms with Crippen LogP contribution in [-0.4, -0.2) is 68.7 Å². The van der Waals surface area contributed by atoms with Gasteiger partial charge in [-0.05, 0) is 106 Å². The van der Waals surface area contributed by atoms with Crippen molar-refractivity contribution in [3.63, 3.8) is 0 Å². The molecule has 14 nitrogen and oxygen atoms in total. The number of anilines is 2. The number of benzene rings is 1. The summed E-state index contributed by atoms with van der Waals surface area (Å²) < 4.78 is 4.97. The Kier molecular flexibility index (Phi) is 26.9. The number of esters is 1. The molecule has 2 heterocycles. The number of primary amides is 1. The van der Waals surface area contributed by atoms with Crippen molar-refractivity contribution in [1.29, 1.82) is 0 Å². The summed E-state index contributed by atoms with van der Waals surface area (Å²) in [5, 5.41) is 14.2. The number of amides is 6. The minimum absolute atomic E-state index is 0.0155. The molecule has 1 aromatic carbocycles. The molecule has 16 heteroatoms. The van der Waals surface area contributed by atoms with Crippen molar-refractivity contribution < 1.29 is 33.5 Å². The van der Waals surface area contributed by atoms with Gasteiger partial charge in [0.2, 0.25) is 23.6 Å². The summed E-state index contributed by atoms with van der Waals surface area (Å²) in [6.07, 6.45) is 22.1. The number of carbonyl (C=O) groups excluding carboxylic acids is 6. The van der Waals surface area contributed by atoms with Gasteiger partial charge < -0.3 is 37.1 Å². The minimum Gasteiger partial charge on any atom is -0.461 e. The van der Waals surface area contributed by atoms with Gasteiger partial charge in [-0.2, -0.15) is 0 Å². The number of unbranched alkanes of at least 4 members (excludes halogenated alkanes) is 2. The van der Waals surface area contributed by atoms with Crippen molar-refractivity contribution in [1.82, 2.24) is 20.9 Å². The van der Waals surface area contributed by atoms with E-state index in [-0.39, 0.29) is 59.6 Å². The highest BCUT2D eigenvalue weighted by atomic mass is 32.2. The number of ether oxygens (including phenoxy) is 1. The number of thioether (sulfide) groups is 2. The maximum atomic E-state index is 13.7. The lowest BCUT2D eigenvalue weighted by atomic mass is 9.67. The molecule has 0 radical (unpaired) electrons. The lowest BCUT2D eigenvalue weighted by Crippen LogP contribution is -2.57. The van der Waals surface area contributed by atoms with E-state index in [2.05, 4.69) is 103 Å². The molecule has 0 spiro atoms. The lowest BCUT2D eigenvalue weighted by Gasteiger charge is -2.56. The van der Waals surface area contributed by atoms with E-state index in [1.807, 2.05) is 13.8 Å². The van der Waals surface area contributed by atoms with Gasteiger partial charge in [0, 0.05) is 53.9 Å². The molecule has 1 fully saturated rings. The third-order valence-electron chi connectivity index (χ3n) is 14.6. The molecule has 0 saturated heterocycles. The average Bonchev–Trinajstić information content (AvgIpc) is 3.39. The molecule has 2 bridgehead atoms. The number of nitrogens with one attached hydrogen (secondary N) is 5. The first-order chi connectivity index (χ1) is 35.4. The molecule has 4 unspecified atom stereocenters. The Labute approximate surface area is 452 Å². The molecule has 6 amide bonds. The van der Waals surface area contributed by atoms with E-state index < -0.39 is 35.9 Å². The van der Waals surface area contributed by atoms with Gasteiger partial charge in [-0.15, -0.1) is 23.5 Å². The maximum Gasteiger partial charge on any atom is 0.312 e. The summed E-state index contributed by atoms with van der Waals surface area (Å²) in [7, 11) is 0. The summed E-state index contributed by atoms with van der Waals surface area (Å²) in [6, 6.07) is 8.26. The summed E-state index contributed by atoms with van der Waals surface area (Å²) in [5.41, 5.74) is 10.6. The van der Waals surface area contributed by atoms with Gasteiger partial charge in [-0.3, -0.25) is 29.0 Å². The topological polar surface area (TPSA) is 211 Å². The van der Waals surface area contributed by atoms with Gasteiger partial charge in [0.05, 0.1) is 16.1 Å². The maximum absolute atomic E-state index is 13.7. The van der Waals surface area contributed by atoms with Gasteiger partial charge in [-0.1, -0.05) is 129 Å². The van der Waals surface area contributed by atoms with E-state index in [0.717, 1.165) is 47.0 Å². The molecule has 1 aliphatic carbocycles. The second kappa shape index (κ2) is 32.1. The summed E-state index contributed by atoms with van der Waals surface area (Å²) in [6.45, 7) is 17.1. The van der Waals surface area contributed by atoms with Crippen LogP contribution in [0.15, 0.2) is 48.0 Å². The largest absolute Gasteiger partial charge is 0.461 e. The first-order valence-electron chi connectivity index (χ1n) is 27.8. The average molecular weight is 1060 g/mol. The Bertz CT molecular complexity index is 2150. The van der Waals surface area contributed by atoms with Crippen molar-refractivity contribution in [2.24, 2.45) is 23.5 Å².